The SMILES string of the molecule is O=C(CCCC(=O)NCCCNc1c2ccccc2nc2ccccc12)NCCCNc1c2ccccc2nc2ccccc12. The van der Waals surface area contributed by atoms with Crippen molar-refractivity contribution < 1.29 is 9.59 Å². The van der Waals surface area contributed by atoms with E-state index in [2.05, 4.69) is 45.5 Å². The number of anilines is 2. The summed E-state index contributed by atoms with van der Waals surface area (Å²) in [5, 5.41) is 17.4. The summed E-state index contributed by atoms with van der Waals surface area (Å²) in [4.78, 5) is 34.2. The highest BCUT2D eigenvalue weighted by Crippen LogP contribution is 2.31. The fraction of sp³-hybridized carbons (Fsp3) is 0.243. The summed E-state index contributed by atoms with van der Waals surface area (Å²) in [5.74, 6) is -0.0489. The first-order valence-corrected chi connectivity index (χ1v) is 15.7. The lowest BCUT2D eigenvalue weighted by molar-refractivity contribution is -0.122. The van der Waals surface area contributed by atoms with Gasteiger partial charge in [0.25, 0.3) is 0 Å². The Morgan fingerprint density at radius 1 is 0.444 bits per heavy atom. The first-order valence-electron chi connectivity index (χ1n) is 15.7. The van der Waals surface area contributed by atoms with Crippen LogP contribution in [0.25, 0.3) is 43.6 Å². The monoisotopic (exact) mass is 598 g/mol. The molecule has 6 rings (SSSR count). The van der Waals surface area contributed by atoms with E-state index in [1.807, 2.05) is 72.8 Å². The summed E-state index contributed by atoms with van der Waals surface area (Å²) in [6.45, 7) is 2.61. The van der Waals surface area contributed by atoms with Gasteiger partial charge in [-0.05, 0) is 43.5 Å². The molecule has 0 spiro atoms. The van der Waals surface area contributed by atoms with E-state index in [-0.39, 0.29) is 11.8 Å². The van der Waals surface area contributed by atoms with Crippen molar-refractivity contribution in [2.45, 2.75) is 32.1 Å². The first-order chi connectivity index (χ1) is 22.2. The van der Waals surface area contributed by atoms with Crippen LogP contribution in [0.1, 0.15) is 32.1 Å². The van der Waals surface area contributed by atoms with Crippen molar-refractivity contribution in [1.82, 2.24) is 20.6 Å². The molecule has 0 atom stereocenters. The lowest BCUT2D eigenvalue weighted by atomic mass is 10.1. The van der Waals surface area contributed by atoms with Crippen LogP contribution in [0.15, 0.2) is 97.1 Å². The van der Waals surface area contributed by atoms with Gasteiger partial charge in [0.15, 0.2) is 0 Å². The first kappa shape index (κ1) is 29.8. The Morgan fingerprint density at radius 3 is 1.13 bits per heavy atom. The van der Waals surface area contributed by atoms with Crippen molar-refractivity contribution >= 4 is 66.8 Å². The van der Waals surface area contributed by atoms with Crippen LogP contribution in [0.2, 0.25) is 0 Å². The fourth-order valence-corrected chi connectivity index (χ4v) is 5.71. The summed E-state index contributed by atoms with van der Waals surface area (Å²) in [6.07, 6.45) is 2.78. The van der Waals surface area contributed by atoms with Crippen LogP contribution in [-0.4, -0.2) is 48.0 Å². The largest absolute Gasteiger partial charge is 0.384 e. The Hall–Kier alpha value is -5.24. The molecule has 2 heterocycles. The van der Waals surface area contributed by atoms with Crippen LogP contribution >= 0.6 is 0 Å². The third-order valence-electron chi connectivity index (χ3n) is 7.94. The number of nitrogens with zero attached hydrogens (tertiary/aromatic N) is 2. The van der Waals surface area contributed by atoms with Crippen molar-refractivity contribution in [3.05, 3.63) is 97.1 Å². The summed E-state index contributed by atoms with van der Waals surface area (Å²) < 4.78 is 0. The average molecular weight is 599 g/mol. The van der Waals surface area contributed by atoms with Gasteiger partial charge in [-0.15, -0.1) is 0 Å². The molecule has 0 bridgehead atoms. The zero-order valence-corrected chi connectivity index (χ0v) is 25.3. The normalized spacial score (nSPS) is 11.2. The number of nitrogens with one attached hydrogen (secondary N) is 4. The van der Waals surface area contributed by atoms with Crippen molar-refractivity contribution in [1.29, 1.82) is 0 Å². The highest BCUT2D eigenvalue weighted by Gasteiger charge is 2.10. The van der Waals surface area contributed by atoms with Gasteiger partial charge in [0.05, 0.1) is 33.4 Å². The minimum absolute atomic E-state index is 0.0244. The Morgan fingerprint density at radius 2 is 0.778 bits per heavy atom. The maximum absolute atomic E-state index is 12.3. The highest BCUT2D eigenvalue weighted by molar-refractivity contribution is 6.08. The number of rotatable bonds is 14. The van der Waals surface area contributed by atoms with Crippen molar-refractivity contribution in [2.75, 3.05) is 36.8 Å². The molecule has 4 aromatic carbocycles. The number of benzene rings is 4. The molecule has 228 valence electrons. The van der Waals surface area contributed by atoms with Gasteiger partial charge in [-0.2, -0.15) is 0 Å². The molecule has 6 aromatic rings. The number of fused-ring (bicyclic) bond motifs is 4. The molecule has 8 heteroatoms. The molecule has 0 unspecified atom stereocenters. The van der Waals surface area contributed by atoms with E-state index in [4.69, 9.17) is 9.97 Å². The standard InChI is InChI=1S/C37H38N6O2/c44-34(38-22-10-24-40-36-26-12-1-5-16-30(26)42-31-17-6-2-13-27(31)36)20-9-21-35(45)39-23-11-25-41-37-28-14-3-7-18-32(28)43-33-19-8-4-15-29(33)37/h1-8,12-19H,9-11,20-25H2,(H,38,44)(H,39,45)(H,40,42)(H,41,43). The smallest absolute Gasteiger partial charge is 0.220 e. The van der Waals surface area contributed by atoms with Crippen LogP contribution in [0.3, 0.4) is 0 Å². The quantitative estimate of drug-likeness (QED) is 0.0812. The molecule has 0 aliphatic rings. The lowest BCUT2D eigenvalue weighted by Crippen LogP contribution is -2.27. The fourth-order valence-electron chi connectivity index (χ4n) is 5.71. The molecule has 2 aromatic heterocycles. The van der Waals surface area contributed by atoms with Crippen LogP contribution in [-0.2, 0) is 9.59 Å². The van der Waals surface area contributed by atoms with Gasteiger partial charge in [-0.25, -0.2) is 9.97 Å². The van der Waals surface area contributed by atoms with E-state index < -0.39 is 0 Å². The summed E-state index contributed by atoms with van der Waals surface area (Å²) >= 11 is 0. The minimum Gasteiger partial charge on any atom is -0.384 e. The third kappa shape index (κ3) is 7.29. The Bertz CT molecular complexity index is 1710. The molecule has 0 saturated heterocycles. The lowest BCUT2D eigenvalue weighted by Gasteiger charge is -2.13. The molecule has 0 aliphatic carbocycles. The Labute approximate surface area is 262 Å². The number of hydrogen-bond acceptors (Lipinski definition) is 6. The number of para-hydroxylation sites is 4. The molecule has 0 aliphatic heterocycles. The van der Waals surface area contributed by atoms with Gasteiger partial charge in [0.2, 0.25) is 11.8 Å². The molecule has 4 N–H and O–H groups in total. The van der Waals surface area contributed by atoms with Crippen LogP contribution in [0.4, 0.5) is 11.4 Å². The summed E-state index contributed by atoms with van der Waals surface area (Å²) in [5.41, 5.74) is 5.98. The summed E-state index contributed by atoms with van der Waals surface area (Å²) in [6, 6.07) is 32.5. The third-order valence-corrected chi connectivity index (χ3v) is 7.94. The van der Waals surface area contributed by atoms with Gasteiger partial charge in [-0.1, -0.05) is 72.8 Å². The molecular weight excluding hydrogens is 560 g/mol. The van der Waals surface area contributed by atoms with Gasteiger partial charge in [0.1, 0.15) is 0 Å². The average Bonchev–Trinajstić information content (AvgIpc) is 3.07. The Kier molecular flexibility index (Phi) is 9.60. The van der Waals surface area contributed by atoms with E-state index in [0.29, 0.717) is 32.4 Å². The minimum atomic E-state index is -0.0244. The van der Waals surface area contributed by atoms with Crippen LogP contribution in [0, 0.1) is 0 Å². The summed E-state index contributed by atoms with van der Waals surface area (Å²) in [7, 11) is 0. The van der Waals surface area contributed by atoms with E-state index in [1.54, 1.807) is 0 Å². The maximum atomic E-state index is 12.3. The topological polar surface area (TPSA) is 108 Å². The predicted octanol–water partition coefficient (Wildman–Crippen LogP) is 6.80. The van der Waals surface area contributed by atoms with Crippen molar-refractivity contribution in [2.24, 2.45) is 0 Å². The zero-order valence-electron chi connectivity index (χ0n) is 25.3. The second-order valence-electron chi connectivity index (χ2n) is 11.2. The predicted molar refractivity (Wildman–Crippen MR) is 185 cm³/mol. The molecule has 45 heavy (non-hydrogen) atoms. The van der Waals surface area contributed by atoms with Crippen LogP contribution in [0.5, 0.6) is 0 Å². The van der Waals surface area contributed by atoms with Crippen LogP contribution < -0.4 is 21.3 Å². The number of carbonyl (C=O) groups is 2. The van der Waals surface area contributed by atoms with Gasteiger partial charge < -0.3 is 21.3 Å². The van der Waals surface area contributed by atoms with Gasteiger partial charge in [-0.3, -0.25) is 9.59 Å². The van der Waals surface area contributed by atoms with E-state index >= 15 is 0 Å². The van der Waals surface area contributed by atoms with Crippen molar-refractivity contribution in [3.63, 3.8) is 0 Å². The molecule has 0 radical (unpaired) electrons. The number of hydrogen-bond donors (Lipinski definition) is 4. The number of amides is 2. The highest BCUT2D eigenvalue weighted by atomic mass is 16.2. The molecular formula is C37H38N6O2. The number of aromatic nitrogens is 2. The molecule has 2 amide bonds. The van der Waals surface area contributed by atoms with E-state index in [1.165, 1.54) is 0 Å². The molecule has 0 saturated carbocycles. The van der Waals surface area contributed by atoms with E-state index in [0.717, 1.165) is 80.9 Å². The van der Waals surface area contributed by atoms with Gasteiger partial charge in [0, 0.05) is 60.6 Å². The van der Waals surface area contributed by atoms with E-state index in [9.17, 15) is 9.59 Å². The Balaban J connectivity index is 0.868. The second-order valence-corrected chi connectivity index (χ2v) is 11.2. The van der Waals surface area contributed by atoms with Gasteiger partial charge >= 0.3 is 0 Å². The second kappa shape index (κ2) is 14.5. The molecule has 0 fully saturated rings. The zero-order chi connectivity index (χ0) is 30.8. The maximum Gasteiger partial charge on any atom is 0.220 e. The van der Waals surface area contributed by atoms with Crippen molar-refractivity contribution in [3.8, 4) is 0 Å². The number of pyridine rings is 2. The molecule has 8 nitrogen and oxygen atoms in total. The number of carbonyl (C=O) groups excluding carboxylic acids is 2.